The lowest BCUT2D eigenvalue weighted by molar-refractivity contribution is -0.139. The van der Waals surface area contributed by atoms with Crippen LogP contribution in [0.3, 0.4) is 0 Å². The zero-order chi connectivity index (χ0) is 9.78. The number of aliphatic hydroxyl groups is 1. The highest BCUT2D eigenvalue weighted by atomic mass is 16.3. The molecule has 2 heteroatoms. The Morgan fingerprint density at radius 1 is 1.50 bits per heavy atom. The molecule has 2 nitrogen and oxygen atoms in total. The molecule has 1 N–H and O–H groups in total. The smallest absolute Gasteiger partial charge is 0.166 e. The largest absolute Gasteiger partial charge is 0.382 e. The van der Waals surface area contributed by atoms with E-state index < -0.39 is 5.60 Å². The van der Waals surface area contributed by atoms with Crippen LogP contribution in [0.5, 0.6) is 0 Å². The van der Waals surface area contributed by atoms with Crippen LogP contribution in [0.1, 0.15) is 47.0 Å². The molecule has 0 saturated heterocycles. The van der Waals surface area contributed by atoms with Crippen LogP contribution in [0.4, 0.5) is 0 Å². The first kappa shape index (κ1) is 11.6. The molecule has 0 aromatic carbocycles. The van der Waals surface area contributed by atoms with Crippen LogP contribution in [-0.2, 0) is 4.79 Å². The molecule has 0 aliphatic rings. The van der Waals surface area contributed by atoms with Gasteiger partial charge in [-0.3, -0.25) is 4.79 Å². The van der Waals surface area contributed by atoms with Crippen LogP contribution in [-0.4, -0.2) is 16.5 Å². The monoisotopic (exact) mass is 172 g/mol. The quantitative estimate of drug-likeness (QED) is 0.690. The summed E-state index contributed by atoms with van der Waals surface area (Å²) in [6, 6.07) is 0. The number of rotatable bonds is 5. The molecule has 0 fully saturated rings. The van der Waals surface area contributed by atoms with Crippen molar-refractivity contribution in [3.8, 4) is 0 Å². The molecule has 1 atom stereocenters. The first-order chi connectivity index (χ1) is 5.41. The Morgan fingerprint density at radius 3 is 2.33 bits per heavy atom. The van der Waals surface area contributed by atoms with Crippen LogP contribution < -0.4 is 0 Å². The Hall–Kier alpha value is -0.370. The van der Waals surface area contributed by atoms with Crippen molar-refractivity contribution in [3.63, 3.8) is 0 Å². The first-order valence-electron chi connectivity index (χ1n) is 4.68. The number of hydrogen-bond acceptors (Lipinski definition) is 2. The van der Waals surface area contributed by atoms with Crippen LogP contribution in [0.15, 0.2) is 0 Å². The molecular weight excluding hydrogens is 152 g/mol. The van der Waals surface area contributed by atoms with E-state index in [1.165, 1.54) is 0 Å². The number of ketones is 1. The Bertz CT molecular complexity index is 148. The minimum absolute atomic E-state index is 0.0454. The second-order valence-electron chi connectivity index (χ2n) is 3.90. The van der Waals surface area contributed by atoms with E-state index in [2.05, 4.69) is 6.92 Å². The number of Topliss-reactive ketones (excluding diaryl/α,β-unsaturated/α-hetero) is 1. The second kappa shape index (κ2) is 4.61. The van der Waals surface area contributed by atoms with Gasteiger partial charge in [-0.25, -0.2) is 0 Å². The zero-order valence-electron chi connectivity index (χ0n) is 8.55. The molecule has 0 radical (unpaired) electrons. The van der Waals surface area contributed by atoms with Crippen molar-refractivity contribution in [2.75, 3.05) is 0 Å². The van der Waals surface area contributed by atoms with Crippen molar-refractivity contribution in [1.82, 2.24) is 0 Å². The van der Waals surface area contributed by atoms with Gasteiger partial charge in [-0.15, -0.1) is 0 Å². The van der Waals surface area contributed by atoms with E-state index in [1.54, 1.807) is 6.92 Å². The number of carbonyl (C=O) groups is 1. The van der Waals surface area contributed by atoms with Gasteiger partial charge in [0.2, 0.25) is 0 Å². The highest BCUT2D eigenvalue weighted by Crippen LogP contribution is 2.18. The summed E-state index contributed by atoms with van der Waals surface area (Å²) < 4.78 is 0. The predicted molar refractivity (Wildman–Crippen MR) is 50.0 cm³/mol. The summed E-state index contributed by atoms with van der Waals surface area (Å²) in [4.78, 5) is 11.4. The molecule has 0 amide bonds. The van der Waals surface area contributed by atoms with Gasteiger partial charge in [0, 0.05) is 5.92 Å². The molecule has 72 valence electrons. The molecular formula is C10H20O2. The normalized spacial score (nSPS) is 16.2. The summed E-state index contributed by atoms with van der Waals surface area (Å²) in [5.41, 5.74) is -1.11. The third-order valence-corrected chi connectivity index (χ3v) is 2.07. The van der Waals surface area contributed by atoms with Gasteiger partial charge in [0.25, 0.3) is 0 Å². The van der Waals surface area contributed by atoms with E-state index in [1.807, 2.05) is 13.8 Å². The lowest BCUT2D eigenvalue weighted by atomic mass is 9.88. The van der Waals surface area contributed by atoms with Gasteiger partial charge in [-0.1, -0.05) is 33.6 Å². The van der Waals surface area contributed by atoms with Gasteiger partial charge in [-0.2, -0.15) is 0 Å². The molecule has 0 bridgehead atoms. The van der Waals surface area contributed by atoms with Crippen LogP contribution in [0.25, 0.3) is 0 Å². The third kappa shape index (κ3) is 3.35. The van der Waals surface area contributed by atoms with E-state index in [0.717, 1.165) is 12.8 Å². The van der Waals surface area contributed by atoms with Crippen molar-refractivity contribution in [2.24, 2.45) is 5.92 Å². The van der Waals surface area contributed by atoms with Crippen molar-refractivity contribution in [2.45, 2.75) is 52.6 Å². The minimum Gasteiger partial charge on any atom is -0.382 e. The summed E-state index contributed by atoms with van der Waals surface area (Å²) in [6.45, 7) is 7.31. The maximum absolute atomic E-state index is 11.4. The van der Waals surface area contributed by atoms with Crippen LogP contribution in [0, 0.1) is 5.92 Å². The molecule has 1 unspecified atom stereocenters. The highest BCUT2D eigenvalue weighted by molar-refractivity contribution is 5.88. The summed E-state index contributed by atoms with van der Waals surface area (Å²) in [7, 11) is 0. The molecule has 0 aromatic rings. The fourth-order valence-corrected chi connectivity index (χ4v) is 1.27. The fraction of sp³-hybridized carbons (Fsp3) is 0.900. The average molecular weight is 172 g/mol. The van der Waals surface area contributed by atoms with Crippen molar-refractivity contribution < 1.29 is 9.90 Å². The van der Waals surface area contributed by atoms with Gasteiger partial charge in [0.1, 0.15) is 5.60 Å². The van der Waals surface area contributed by atoms with Gasteiger partial charge in [0.15, 0.2) is 5.78 Å². The third-order valence-electron chi connectivity index (χ3n) is 2.07. The first-order valence-corrected chi connectivity index (χ1v) is 4.68. The summed E-state index contributed by atoms with van der Waals surface area (Å²) >= 11 is 0. The van der Waals surface area contributed by atoms with Crippen LogP contribution in [0.2, 0.25) is 0 Å². The van der Waals surface area contributed by atoms with Gasteiger partial charge in [-0.05, 0) is 13.3 Å². The van der Waals surface area contributed by atoms with Gasteiger partial charge < -0.3 is 5.11 Å². The van der Waals surface area contributed by atoms with E-state index in [-0.39, 0.29) is 11.7 Å². The highest BCUT2D eigenvalue weighted by Gasteiger charge is 2.30. The molecule has 0 aliphatic carbocycles. The molecule has 0 spiro atoms. The predicted octanol–water partition coefficient (Wildman–Crippen LogP) is 2.15. The lowest BCUT2D eigenvalue weighted by Crippen LogP contribution is -2.38. The maximum Gasteiger partial charge on any atom is 0.166 e. The van der Waals surface area contributed by atoms with E-state index in [9.17, 15) is 9.90 Å². The van der Waals surface area contributed by atoms with Crippen LogP contribution >= 0.6 is 0 Å². The Morgan fingerprint density at radius 2 is 2.00 bits per heavy atom. The van der Waals surface area contributed by atoms with Crippen molar-refractivity contribution in [3.05, 3.63) is 0 Å². The lowest BCUT2D eigenvalue weighted by Gasteiger charge is -2.23. The second-order valence-corrected chi connectivity index (χ2v) is 3.90. The fourth-order valence-electron chi connectivity index (χ4n) is 1.27. The Labute approximate surface area is 75.0 Å². The topological polar surface area (TPSA) is 37.3 Å². The molecule has 0 rings (SSSR count). The average Bonchev–Trinajstić information content (AvgIpc) is 1.99. The maximum atomic E-state index is 11.4. The Kier molecular flexibility index (Phi) is 4.46. The zero-order valence-corrected chi connectivity index (χ0v) is 8.55. The van der Waals surface area contributed by atoms with Gasteiger partial charge in [0.05, 0.1) is 0 Å². The van der Waals surface area contributed by atoms with E-state index in [4.69, 9.17) is 0 Å². The molecule has 0 heterocycles. The molecule has 0 aliphatic heterocycles. The minimum atomic E-state index is -1.11. The van der Waals surface area contributed by atoms with E-state index in [0.29, 0.717) is 6.42 Å². The van der Waals surface area contributed by atoms with Crippen molar-refractivity contribution >= 4 is 5.78 Å². The Balaban J connectivity index is 4.09. The summed E-state index contributed by atoms with van der Waals surface area (Å²) in [6.07, 6.45) is 2.51. The standard InChI is InChI=1S/C10H20O2/c1-5-6-7-10(4,12)9(11)8(2)3/h8,12H,5-7H2,1-4H3. The molecule has 0 saturated carbocycles. The van der Waals surface area contributed by atoms with Crippen molar-refractivity contribution in [1.29, 1.82) is 0 Å². The molecule has 12 heavy (non-hydrogen) atoms. The summed E-state index contributed by atoms with van der Waals surface area (Å²) in [5, 5.41) is 9.73. The van der Waals surface area contributed by atoms with E-state index >= 15 is 0 Å². The summed E-state index contributed by atoms with van der Waals surface area (Å²) in [5.74, 6) is -0.118. The number of carbonyl (C=O) groups excluding carboxylic acids is 1. The molecule has 0 aromatic heterocycles. The SMILES string of the molecule is CCCCC(C)(O)C(=O)C(C)C. The number of hydrogen-bond donors (Lipinski definition) is 1. The number of unbranched alkanes of at least 4 members (excludes halogenated alkanes) is 1. The van der Waals surface area contributed by atoms with Gasteiger partial charge >= 0.3 is 0 Å².